The Bertz CT molecular complexity index is 309. The van der Waals surface area contributed by atoms with Gasteiger partial charge in [0.25, 0.3) is 0 Å². The average Bonchev–Trinajstić information content (AvgIpc) is 3.32. The summed E-state index contributed by atoms with van der Waals surface area (Å²) in [6.07, 6.45) is 8.87. The van der Waals surface area contributed by atoms with Crippen molar-refractivity contribution in [1.29, 1.82) is 0 Å². The molecular formula is C16H28N2O. The summed E-state index contributed by atoms with van der Waals surface area (Å²) in [5, 5.41) is 3.46. The normalized spacial score (nSPS) is 31.2. The zero-order valence-corrected chi connectivity index (χ0v) is 12.2. The first-order valence-corrected chi connectivity index (χ1v) is 8.28. The zero-order chi connectivity index (χ0) is 13.2. The van der Waals surface area contributed by atoms with Gasteiger partial charge in [0.1, 0.15) is 0 Å². The third-order valence-electron chi connectivity index (χ3n) is 5.05. The van der Waals surface area contributed by atoms with E-state index in [9.17, 15) is 4.79 Å². The highest BCUT2D eigenvalue weighted by atomic mass is 16.2. The lowest BCUT2D eigenvalue weighted by atomic mass is 9.90. The number of piperidine rings is 1. The quantitative estimate of drug-likeness (QED) is 0.799. The average molecular weight is 264 g/mol. The highest BCUT2D eigenvalue weighted by molar-refractivity contribution is 5.82. The largest absolute Gasteiger partial charge is 0.341 e. The molecule has 2 atom stereocenters. The summed E-state index contributed by atoms with van der Waals surface area (Å²) in [5.74, 6) is 2.78. The predicted octanol–water partition coefficient (Wildman–Crippen LogP) is 2.41. The summed E-state index contributed by atoms with van der Waals surface area (Å²) in [5.41, 5.74) is 0. The summed E-state index contributed by atoms with van der Waals surface area (Å²) in [4.78, 5) is 14.9. The monoisotopic (exact) mass is 264 g/mol. The fraction of sp³-hybridized carbons (Fsp3) is 0.938. The van der Waals surface area contributed by atoms with E-state index in [0.29, 0.717) is 5.91 Å². The molecule has 2 aliphatic carbocycles. The van der Waals surface area contributed by atoms with Crippen LogP contribution in [0.1, 0.15) is 51.9 Å². The molecule has 0 spiro atoms. The Morgan fingerprint density at radius 1 is 1.05 bits per heavy atom. The predicted molar refractivity (Wildman–Crippen MR) is 76.8 cm³/mol. The molecule has 1 heterocycles. The second-order valence-electron chi connectivity index (χ2n) is 6.94. The van der Waals surface area contributed by atoms with Crippen molar-refractivity contribution in [3.8, 4) is 0 Å². The van der Waals surface area contributed by atoms with Gasteiger partial charge in [-0.05, 0) is 62.8 Å². The van der Waals surface area contributed by atoms with E-state index in [2.05, 4.69) is 17.1 Å². The summed E-state index contributed by atoms with van der Waals surface area (Å²) in [7, 11) is 0. The van der Waals surface area contributed by atoms with Gasteiger partial charge in [-0.25, -0.2) is 0 Å². The molecule has 3 fully saturated rings. The molecule has 1 saturated heterocycles. The topological polar surface area (TPSA) is 32.3 Å². The molecule has 19 heavy (non-hydrogen) atoms. The van der Waals surface area contributed by atoms with E-state index in [1.54, 1.807) is 0 Å². The molecule has 1 amide bonds. The Kier molecular flexibility index (Phi) is 4.11. The summed E-state index contributed by atoms with van der Waals surface area (Å²) in [6.45, 7) is 5.34. The van der Waals surface area contributed by atoms with Gasteiger partial charge in [-0.15, -0.1) is 0 Å². The van der Waals surface area contributed by atoms with Crippen LogP contribution < -0.4 is 5.32 Å². The minimum Gasteiger partial charge on any atom is -0.341 e. The van der Waals surface area contributed by atoms with Crippen molar-refractivity contribution in [2.75, 3.05) is 19.6 Å². The highest BCUT2D eigenvalue weighted by Crippen LogP contribution is 2.34. The smallest absolute Gasteiger partial charge is 0.239 e. The van der Waals surface area contributed by atoms with Gasteiger partial charge in [-0.1, -0.05) is 13.3 Å². The van der Waals surface area contributed by atoms with Crippen LogP contribution in [0.3, 0.4) is 0 Å². The molecule has 3 rings (SSSR count). The summed E-state index contributed by atoms with van der Waals surface area (Å²) < 4.78 is 0. The number of hydrogen-bond acceptors (Lipinski definition) is 2. The molecule has 0 aromatic carbocycles. The molecule has 0 aromatic heterocycles. The molecule has 3 heteroatoms. The lowest BCUT2D eigenvalue weighted by molar-refractivity contribution is -0.135. The molecule has 108 valence electrons. The van der Waals surface area contributed by atoms with Gasteiger partial charge in [0.15, 0.2) is 0 Å². The highest BCUT2D eigenvalue weighted by Gasteiger charge is 2.35. The number of nitrogens with zero attached hydrogens (tertiary/aromatic N) is 1. The number of nitrogens with one attached hydrogen (secondary N) is 1. The Labute approximate surface area is 117 Å². The molecular weight excluding hydrogens is 236 g/mol. The van der Waals surface area contributed by atoms with Crippen LogP contribution in [0, 0.1) is 17.8 Å². The Hall–Kier alpha value is -0.570. The van der Waals surface area contributed by atoms with Crippen LogP contribution in [-0.4, -0.2) is 36.5 Å². The van der Waals surface area contributed by atoms with Crippen LogP contribution in [0.2, 0.25) is 0 Å². The Morgan fingerprint density at radius 2 is 1.68 bits per heavy atom. The summed E-state index contributed by atoms with van der Waals surface area (Å²) >= 11 is 0. The van der Waals surface area contributed by atoms with Gasteiger partial charge in [-0.3, -0.25) is 4.79 Å². The molecule has 1 N–H and O–H groups in total. The summed E-state index contributed by atoms with van der Waals surface area (Å²) in [6, 6.07) is 0.108. The van der Waals surface area contributed by atoms with E-state index < -0.39 is 0 Å². The van der Waals surface area contributed by atoms with E-state index in [-0.39, 0.29) is 6.04 Å². The maximum Gasteiger partial charge on any atom is 0.239 e. The molecule has 2 saturated carbocycles. The van der Waals surface area contributed by atoms with Crippen molar-refractivity contribution in [2.24, 2.45) is 17.8 Å². The van der Waals surface area contributed by atoms with E-state index in [0.717, 1.165) is 43.8 Å². The molecule has 0 aromatic rings. The molecule has 3 aliphatic rings. The second kappa shape index (κ2) is 5.82. The van der Waals surface area contributed by atoms with Gasteiger partial charge >= 0.3 is 0 Å². The van der Waals surface area contributed by atoms with E-state index in [1.807, 2.05) is 0 Å². The van der Waals surface area contributed by atoms with Crippen molar-refractivity contribution in [3.63, 3.8) is 0 Å². The van der Waals surface area contributed by atoms with Crippen LogP contribution in [-0.2, 0) is 4.79 Å². The van der Waals surface area contributed by atoms with Gasteiger partial charge in [0.05, 0.1) is 6.04 Å². The van der Waals surface area contributed by atoms with Gasteiger partial charge in [0.2, 0.25) is 5.91 Å². The molecule has 3 nitrogen and oxygen atoms in total. The second-order valence-corrected chi connectivity index (χ2v) is 6.94. The SMILES string of the molecule is CCC1CCNC(C(=O)N(CC2CC2)CC2CC2)C1. The van der Waals surface area contributed by atoms with Crippen LogP contribution >= 0.6 is 0 Å². The fourth-order valence-electron chi connectivity index (χ4n) is 3.25. The first kappa shape index (κ1) is 13.4. The van der Waals surface area contributed by atoms with E-state index in [1.165, 1.54) is 38.5 Å². The first-order chi connectivity index (χ1) is 9.26. The van der Waals surface area contributed by atoms with Crippen LogP contribution in [0.15, 0.2) is 0 Å². The Morgan fingerprint density at radius 3 is 2.21 bits per heavy atom. The van der Waals surface area contributed by atoms with Crippen molar-refractivity contribution in [3.05, 3.63) is 0 Å². The van der Waals surface area contributed by atoms with E-state index in [4.69, 9.17) is 0 Å². The van der Waals surface area contributed by atoms with Crippen LogP contribution in [0.4, 0.5) is 0 Å². The van der Waals surface area contributed by atoms with Crippen molar-refractivity contribution in [2.45, 2.75) is 57.9 Å². The van der Waals surface area contributed by atoms with Crippen LogP contribution in [0.5, 0.6) is 0 Å². The third-order valence-corrected chi connectivity index (χ3v) is 5.05. The standard InChI is InChI=1S/C16H28N2O/c1-2-12-7-8-17-15(9-12)16(19)18(10-13-3-4-13)11-14-5-6-14/h12-15,17H,2-11H2,1H3. The third kappa shape index (κ3) is 3.71. The number of carbonyl (C=O) groups excluding carboxylic acids is 1. The van der Waals surface area contributed by atoms with Crippen molar-refractivity contribution in [1.82, 2.24) is 10.2 Å². The fourth-order valence-corrected chi connectivity index (χ4v) is 3.25. The minimum absolute atomic E-state index is 0.108. The van der Waals surface area contributed by atoms with Crippen molar-refractivity contribution < 1.29 is 4.79 Å². The first-order valence-electron chi connectivity index (χ1n) is 8.28. The van der Waals surface area contributed by atoms with Crippen molar-refractivity contribution >= 4 is 5.91 Å². The lowest BCUT2D eigenvalue weighted by Crippen LogP contribution is -2.51. The number of carbonyl (C=O) groups is 1. The zero-order valence-electron chi connectivity index (χ0n) is 12.2. The lowest BCUT2D eigenvalue weighted by Gasteiger charge is -2.33. The minimum atomic E-state index is 0.108. The molecule has 0 radical (unpaired) electrons. The number of amides is 1. The molecule has 2 unspecified atom stereocenters. The number of rotatable bonds is 6. The molecule has 0 bridgehead atoms. The van der Waals surface area contributed by atoms with Crippen LogP contribution in [0.25, 0.3) is 0 Å². The van der Waals surface area contributed by atoms with Gasteiger partial charge < -0.3 is 10.2 Å². The Balaban J connectivity index is 1.57. The maximum absolute atomic E-state index is 12.7. The van der Waals surface area contributed by atoms with E-state index >= 15 is 0 Å². The van der Waals surface area contributed by atoms with Gasteiger partial charge in [0, 0.05) is 13.1 Å². The van der Waals surface area contributed by atoms with Gasteiger partial charge in [-0.2, -0.15) is 0 Å². The maximum atomic E-state index is 12.7. The number of hydrogen-bond donors (Lipinski definition) is 1. The molecule has 1 aliphatic heterocycles.